The largest absolute Gasteiger partial charge is 0.493 e. The fraction of sp³-hybridized carbons (Fsp3) is 0.357. The summed E-state index contributed by atoms with van der Waals surface area (Å²) in [5.41, 5.74) is 0. The minimum absolute atomic E-state index is 0.0197. The first-order chi connectivity index (χ1) is 9.64. The number of ether oxygens (including phenoxy) is 4. The molecule has 6 nitrogen and oxygen atoms in total. The van der Waals surface area contributed by atoms with Crippen LogP contribution in [-0.4, -0.2) is 34.4 Å². The van der Waals surface area contributed by atoms with Crippen molar-refractivity contribution in [3.8, 4) is 17.4 Å². The van der Waals surface area contributed by atoms with Crippen LogP contribution in [0.2, 0.25) is 0 Å². The molecular weight excluding hydrogens is 264 g/mol. The van der Waals surface area contributed by atoms with E-state index in [9.17, 15) is 4.79 Å². The zero-order valence-corrected chi connectivity index (χ0v) is 11.8. The number of benzene rings is 1. The summed E-state index contributed by atoms with van der Waals surface area (Å²) >= 11 is 0. The standard InChI is InChI=1S/C14H16O6/c1-16-11-5-8-9(6-12(11)17-2)14(19-4)20-10(8)7-13(15)18-3/h5-6H,7H2,1-4H3. The summed E-state index contributed by atoms with van der Waals surface area (Å²) in [5, 5.41) is 1.44. The summed E-state index contributed by atoms with van der Waals surface area (Å²) in [6.45, 7) is 0. The first-order valence-electron chi connectivity index (χ1n) is 5.92. The number of hydrogen-bond donors (Lipinski definition) is 0. The van der Waals surface area contributed by atoms with E-state index in [1.54, 1.807) is 26.4 Å². The zero-order chi connectivity index (χ0) is 14.7. The Hall–Kier alpha value is -2.37. The minimum Gasteiger partial charge on any atom is -0.493 e. The quantitative estimate of drug-likeness (QED) is 0.782. The van der Waals surface area contributed by atoms with Crippen molar-refractivity contribution in [3.05, 3.63) is 17.9 Å². The van der Waals surface area contributed by atoms with Gasteiger partial charge in [0.15, 0.2) is 11.5 Å². The molecule has 0 spiro atoms. The number of esters is 1. The molecule has 0 radical (unpaired) electrons. The van der Waals surface area contributed by atoms with Gasteiger partial charge in [-0.25, -0.2) is 0 Å². The average Bonchev–Trinajstić information content (AvgIpc) is 2.82. The third-order valence-electron chi connectivity index (χ3n) is 2.98. The van der Waals surface area contributed by atoms with Crippen molar-refractivity contribution in [2.45, 2.75) is 6.42 Å². The van der Waals surface area contributed by atoms with Crippen LogP contribution in [0.5, 0.6) is 17.4 Å². The fourth-order valence-electron chi connectivity index (χ4n) is 1.99. The highest BCUT2D eigenvalue weighted by atomic mass is 16.6. The number of hydrogen-bond acceptors (Lipinski definition) is 6. The number of carbonyl (C=O) groups excluding carboxylic acids is 1. The Morgan fingerprint density at radius 2 is 1.60 bits per heavy atom. The van der Waals surface area contributed by atoms with Gasteiger partial charge < -0.3 is 23.4 Å². The average molecular weight is 280 g/mol. The van der Waals surface area contributed by atoms with Crippen LogP contribution in [0.1, 0.15) is 5.76 Å². The molecular formula is C14H16O6. The molecule has 1 heterocycles. The molecule has 0 saturated heterocycles. The Morgan fingerprint density at radius 3 is 2.10 bits per heavy atom. The summed E-state index contributed by atoms with van der Waals surface area (Å²) in [6, 6.07) is 3.50. The van der Waals surface area contributed by atoms with Crippen molar-refractivity contribution < 1.29 is 28.2 Å². The fourth-order valence-corrected chi connectivity index (χ4v) is 1.99. The number of fused-ring (bicyclic) bond motifs is 1. The van der Waals surface area contributed by atoms with Gasteiger partial charge in [-0.05, 0) is 12.1 Å². The van der Waals surface area contributed by atoms with Crippen molar-refractivity contribution in [2.75, 3.05) is 28.4 Å². The lowest BCUT2D eigenvalue weighted by atomic mass is 10.1. The molecule has 2 aromatic rings. The Balaban J connectivity index is 2.61. The smallest absolute Gasteiger partial charge is 0.313 e. The highest BCUT2D eigenvalue weighted by Gasteiger charge is 2.20. The van der Waals surface area contributed by atoms with E-state index in [2.05, 4.69) is 4.74 Å². The zero-order valence-electron chi connectivity index (χ0n) is 11.8. The van der Waals surface area contributed by atoms with Gasteiger partial charge in [0, 0.05) is 5.39 Å². The third kappa shape index (κ3) is 2.36. The van der Waals surface area contributed by atoms with E-state index >= 15 is 0 Å². The van der Waals surface area contributed by atoms with Crippen molar-refractivity contribution in [1.29, 1.82) is 0 Å². The number of rotatable bonds is 5. The minimum atomic E-state index is -0.391. The van der Waals surface area contributed by atoms with E-state index in [-0.39, 0.29) is 6.42 Å². The van der Waals surface area contributed by atoms with Crippen molar-refractivity contribution in [2.24, 2.45) is 0 Å². The molecule has 0 N–H and O–H groups in total. The molecule has 0 amide bonds. The third-order valence-corrected chi connectivity index (χ3v) is 2.98. The predicted molar refractivity (Wildman–Crippen MR) is 71.6 cm³/mol. The molecule has 0 aliphatic carbocycles. The molecule has 6 heteroatoms. The SMILES string of the molecule is COC(=O)Cc1oc(OC)c2cc(OC)c(OC)cc12. The van der Waals surface area contributed by atoms with E-state index in [1.807, 2.05) is 0 Å². The predicted octanol–water partition coefficient (Wildman–Crippen LogP) is 2.17. The van der Waals surface area contributed by atoms with Gasteiger partial charge in [-0.15, -0.1) is 0 Å². The van der Waals surface area contributed by atoms with Crippen LogP contribution < -0.4 is 14.2 Å². The monoisotopic (exact) mass is 280 g/mol. The van der Waals surface area contributed by atoms with Crippen LogP contribution >= 0.6 is 0 Å². The van der Waals surface area contributed by atoms with E-state index < -0.39 is 5.97 Å². The normalized spacial score (nSPS) is 10.4. The Bertz CT molecular complexity index is 628. The van der Waals surface area contributed by atoms with E-state index in [0.717, 1.165) is 5.39 Å². The van der Waals surface area contributed by atoms with Gasteiger partial charge in [-0.1, -0.05) is 0 Å². The van der Waals surface area contributed by atoms with Gasteiger partial charge >= 0.3 is 5.97 Å². The summed E-state index contributed by atoms with van der Waals surface area (Å²) < 4.78 is 25.9. The lowest BCUT2D eigenvalue weighted by molar-refractivity contribution is -0.140. The second kappa shape index (κ2) is 5.73. The molecule has 2 rings (SSSR count). The van der Waals surface area contributed by atoms with Crippen LogP contribution in [0.3, 0.4) is 0 Å². The number of furan rings is 1. The Labute approximate surface area is 116 Å². The lowest BCUT2D eigenvalue weighted by Gasteiger charge is -2.07. The van der Waals surface area contributed by atoms with Crippen LogP contribution in [-0.2, 0) is 16.0 Å². The molecule has 20 heavy (non-hydrogen) atoms. The van der Waals surface area contributed by atoms with Crippen molar-refractivity contribution in [3.63, 3.8) is 0 Å². The summed E-state index contributed by atoms with van der Waals surface area (Å²) in [7, 11) is 5.91. The van der Waals surface area contributed by atoms with Gasteiger partial charge in [0.1, 0.15) is 12.2 Å². The lowest BCUT2D eigenvalue weighted by Crippen LogP contribution is -2.03. The van der Waals surface area contributed by atoms with Crippen molar-refractivity contribution in [1.82, 2.24) is 0 Å². The van der Waals surface area contributed by atoms with Crippen LogP contribution in [0.25, 0.3) is 10.8 Å². The molecule has 0 aliphatic heterocycles. The molecule has 1 aromatic carbocycles. The first kappa shape index (κ1) is 14.0. The molecule has 0 fully saturated rings. The Morgan fingerprint density at radius 1 is 1.00 bits per heavy atom. The highest BCUT2D eigenvalue weighted by molar-refractivity contribution is 5.94. The van der Waals surface area contributed by atoms with Gasteiger partial charge in [0.05, 0.1) is 33.8 Å². The first-order valence-corrected chi connectivity index (χ1v) is 5.92. The molecule has 108 valence electrons. The van der Waals surface area contributed by atoms with Crippen LogP contribution in [0.15, 0.2) is 16.5 Å². The summed E-state index contributed by atoms with van der Waals surface area (Å²) in [5.74, 6) is 1.50. The van der Waals surface area contributed by atoms with E-state index in [1.165, 1.54) is 14.2 Å². The summed E-state index contributed by atoms with van der Waals surface area (Å²) in [4.78, 5) is 11.4. The molecule has 0 saturated carbocycles. The second-order valence-electron chi connectivity index (χ2n) is 4.02. The maximum atomic E-state index is 11.4. The van der Waals surface area contributed by atoms with Crippen LogP contribution in [0.4, 0.5) is 0 Å². The maximum Gasteiger partial charge on any atom is 0.313 e. The summed E-state index contributed by atoms with van der Waals surface area (Å²) in [6.07, 6.45) is 0.0197. The van der Waals surface area contributed by atoms with Gasteiger partial charge in [-0.2, -0.15) is 0 Å². The number of carbonyl (C=O) groups is 1. The Kier molecular flexibility index (Phi) is 4.02. The maximum absolute atomic E-state index is 11.4. The molecule has 0 unspecified atom stereocenters. The van der Waals surface area contributed by atoms with Gasteiger partial charge in [-0.3, -0.25) is 4.79 Å². The van der Waals surface area contributed by atoms with Crippen molar-refractivity contribution >= 4 is 16.7 Å². The van der Waals surface area contributed by atoms with Gasteiger partial charge in [0.2, 0.25) is 0 Å². The number of methoxy groups -OCH3 is 4. The second-order valence-corrected chi connectivity index (χ2v) is 4.02. The molecule has 0 bridgehead atoms. The molecule has 0 aliphatic rings. The topological polar surface area (TPSA) is 67.1 Å². The highest BCUT2D eigenvalue weighted by Crippen LogP contribution is 2.40. The van der Waals surface area contributed by atoms with E-state index in [0.29, 0.717) is 28.6 Å². The van der Waals surface area contributed by atoms with E-state index in [4.69, 9.17) is 18.6 Å². The molecule has 0 atom stereocenters. The van der Waals surface area contributed by atoms with Crippen LogP contribution in [0, 0.1) is 0 Å². The van der Waals surface area contributed by atoms with Gasteiger partial charge in [0.25, 0.3) is 5.95 Å². The molecule has 1 aromatic heterocycles.